The fourth-order valence-corrected chi connectivity index (χ4v) is 3.70. The van der Waals surface area contributed by atoms with Crippen LogP contribution in [0.25, 0.3) is 11.3 Å². The van der Waals surface area contributed by atoms with E-state index in [-0.39, 0.29) is 30.0 Å². The Kier molecular flexibility index (Phi) is 9.75. The molecule has 0 aliphatic carbocycles. The summed E-state index contributed by atoms with van der Waals surface area (Å²) in [6.07, 6.45) is 1.74. The average Bonchev–Trinajstić information content (AvgIpc) is 3.20. The third-order valence-electron chi connectivity index (χ3n) is 5.61. The van der Waals surface area contributed by atoms with Crippen molar-refractivity contribution in [2.75, 3.05) is 21.3 Å². The van der Waals surface area contributed by atoms with Gasteiger partial charge in [0.2, 0.25) is 0 Å². The molecule has 2 aromatic rings. The first-order valence-corrected chi connectivity index (χ1v) is 11.4. The van der Waals surface area contributed by atoms with Crippen LogP contribution in [-0.2, 0) is 16.1 Å². The van der Waals surface area contributed by atoms with Crippen LogP contribution in [0.4, 0.5) is 0 Å². The first kappa shape index (κ1) is 26.2. The summed E-state index contributed by atoms with van der Waals surface area (Å²) in [5.41, 5.74) is 1.76. The quantitative estimate of drug-likeness (QED) is 0.475. The Labute approximate surface area is 196 Å². The molecule has 0 saturated heterocycles. The molecule has 8 nitrogen and oxygen atoms in total. The van der Waals surface area contributed by atoms with E-state index in [9.17, 15) is 9.59 Å². The lowest BCUT2D eigenvalue weighted by atomic mass is 10.0. The number of carbonyl (C=O) groups excluding carboxylic acids is 2. The molecule has 1 amide bonds. The Morgan fingerprint density at radius 1 is 1.09 bits per heavy atom. The number of esters is 1. The van der Waals surface area contributed by atoms with Gasteiger partial charge < -0.3 is 19.5 Å². The molecule has 0 fully saturated rings. The van der Waals surface area contributed by atoms with Gasteiger partial charge in [-0.3, -0.25) is 14.3 Å². The van der Waals surface area contributed by atoms with E-state index < -0.39 is 0 Å². The van der Waals surface area contributed by atoms with Gasteiger partial charge in [-0.05, 0) is 36.5 Å². The highest BCUT2D eigenvalue weighted by molar-refractivity contribution is 5.94. The molecule has 0 spiro atoms. The second kappa shape index (κ2) is 12.3. The summed E-state index contributed by atoms with van der Waals surface area (Å²) >= 11 is 0. The molecule has 2 atom stereocenters. The molecule has 0 bridgehead atoms. The number of benzene rings is 1. The number of methoxy groups -OCH3 is 3. The summed E-state index contributed by atoms with van der Waals surface area (Å²) < 4.78 is 17.8. The summed E-state index contributed by atoms with van der Waals surface area (Å²) in [4.78, 5) is 25.0. The van der Waals surface area contributed by atoms with Crippen molar-refractivity contribution < 1.29 is 23.8 Å². The fraction of sp³-hybridized carbons (Fsp3) is 0.560. The molecular formula is C25H37N3O5. The van der Waals surface area contributed by atoms with Crippen LogP contribution in [-0.4, -0.2) is 49.0 Å². The number of hydrogen-bond donors (Lipinski definition) is 1. The van der Waals surface area contributed by atoms with Crippen LogP contribution in [0.2, 0.25) is 0 Å². The zero-order chi connectivity index (χ0) is 24.5. The standard InChI is InChI=1S/C25H37N3O5/c1-8-17(4)15-28-20(24-21(31-5)10-9-11-22(24)32-6)14-19(27-28)25(30)26-18(12-16(2)3)13-23(29)33-7/h9-11,14,16-18H,8,12-13,15H2,1-7H3,(H,26,30)/t17?,18-/m0/s1. The Hall–Kier alpha value is -3.03. The van der Waals surface area contributed by atoms with E-state index in [0.29, 0.717) is 36.3 Å². The number of hydrogen-bond acceptors (Lipinski definition) is 6. The van der Waals surface area contributed by atoms with Gasteiger partial charge in [-0.15, -0.1) is 0 Å². The highest BCUT2D eigenvalue weighted by atomic mass is 16.5. The topological polar surface area (TPSA) is 91.7 Å². The Bertz CT molecular complexity index is 916. The number of aromatic nitrogens is 2. The van der Waals surface area contributed by atoms with Crippen molar-refractivity contribution >= 4 is 11.9 Å². The van der Waals surface area contributed by atoms with Gasteiger partial charge in [-0.1, -0.05) is 40.2 Å². The molecule has 1 N–H and O–H groups in total. The fourth-order valence-electron chi connectivity index (χ4n) is 3.70. The first-order valence-electron chi connectivity index (χ1n) is 11.4. The lowest BCUT2D eigenvalue weighted by Gasteiger charge is -2.19. The number of carbonyl (C=O) groups is 2. The molecule has 1 heterocycles. The molecule has 0 aliphatic heterocycles. The third kappa shape index (κ3) is 6.97. The van der Waals surface area contributed by atoms with Gasteiger partial charge in [0, 0.05) is 12.6 Å². The summed E-state index contributed by atoms with van der Waals surface area (Å²) in [5.74, 6) is 1.24. The van der Waals surface area contributed by atoms with Gasteiger partial charge in [0.1, 0.15) is 11.5 Å². The molecule has 33 heavy (non-hydrogen) atoms. The maximum atomic E-state index is 13.2. The van der Waals surface area contributed by atoms with Crippen molar-refractivity contribution in [1.29, 1.82) is 0 Å². The minimum atomic E-state index is -0.359. The molecule has 0 saturated carbocycles. The molecule has 182 valence electrons. The minimum absolute atomic E-state index is 0.112. The monoisotopic (exact) mass is 459 g/mol. The number of amides is 1. The van der Waals surface area contributed by atoms with Gasteiger partial charge in [-0.2, -0.15) is 5.10 Å². The van der Waals surface area contributed by atoms with Crippen molar-refractivity contribution in [3.05, 3.63) is 30.0 Å². The lowest BCUT2D eigenvalue weighted by Crippen LogP contribution is -2.38. The van der Waals surface area contributed by atoms with Crippen molar-refractivity contribution in [3.63, 3.8) is 0 Å². The predicted octanol–water partition coefficient (Wildman–Crippen LogP) is 4.32. The Morgan fingerprint density at radius 3 is 2.24 bits per heavy atom. The number of nitrogens with zero attached hydrogens (tertiary/aromatic N) is 2. The lowest BCUT2D eigenvalue weighted by molar-refractivity contribution is -0.141. The second-order valence-corrected chi connectivity index (χ2v) is 8.73. The molecule has 8 heteroatoms. The van der Waals surface area contributed by atoms with E-state index in [0.717, 1.165) is 17.7 Å². The molecule has 0 radical (unpaired) electrons. The van der Waals surface area contributed by atoms with E-state index >= 15 is 0 Å². The SMILES string of the molecule is CCC(C)Cn1nc(C(=O)N[C@H](CC(=O)OC)CC(C)C)cc1-c1c(OC)cccc1OC. The highest BCUT2D eigenvalue weighted by Gasteiger charge is 2.24. The third-order valence-corrected chi connectivity index (χ3v) is 5.61. The Morgan fingerprint density at radius 2 is 1.73 bits per heavy atom. The molecule has 2 rings (SSSR count). The summed E-state index contributed by atoms with van der Waals surface area (Å²) in [6.45, 7) is 8.98. The van der Waals surface area contributed by atoms with Gasteiger partial charge in [0.05, 0.1) is 39.0 Å². The number of nitrogens with one attached hydrogen (secondary N) is 1. The van der Waals surface area contributed by atoms with Crippen LogP contribution < -0.4 is 14.8 Å². The number of ether oxygens (including phenoxy) is 3. The van der Waals surface area contributed by atoms with Crippen molar-refractivity contribution in [3.8, 4) is 22.8 Å². The van der Waals surface area contributed by atoms with Crippen molar-refractivity contribution in [2.24, 2.45) is 11.8 Å². The van der Waals surface area contributed by atoms with Crippen LogP contribution >= 0.6 is 0 Å². The van der Waals surface area contributed by atoms with Crippen LogP contribution in [0.15, 0.2) is 24.3 Å². The van der Waals surface area contributed by atoms with Crippen molar-refractivity contribution in [2.45, 2.75) is 59.5 Å². The maximum absolute atomic E-state index is 13.2. The van der Waals surface area contributed by atoms with Gasteiger partial charge in [0.15, 0.2) is 5.69 Å². The summed E-state index contributed by atoms with van der Waals surface area (Å²) in [5, 5.41) is 7.60. The molecule has 0 aliphatic rings. The van der Waals surface area contributed by atoms with E-state index in [1.807, 2.05) is 36.7 Å². The predicted molar refractivity (Wildman–Crippen MR) is 128 cm³/mol. The van der Waals surface area contributed by atoms with E-state index in [2.05, 4.69) is 24.3 Å². The van der Waals surface area contributed by atoms with Gasteiger partial charge in [0.25, 0.3) is 5.91 Å². The van der Waals surface area contributed by atoms with Crippen LogP contribution in [0.1, 0.15) is 57.4 Å². The van der Waals surface area contributed by atoms with E-state index in [4.69, 9.17) is 14.2 Å². The average molecular weight is 460 g/mol. The smallest absolute Gasteiger partial charge is 0.307 e. The Balaban J connectivity index is 2.47. The zero-order valence-corrected chi connectivity index (χ0v) is 20.8. The van der Waals surface area contributed by atoms with E-state index in [1.54, 1.807) is 20.3 Å². The first-order chi connectivity index (χ1) is 15.7. The molecule has 1 unspecified atom stereocenters. The van der Waals surface area contributed by atoms with Crippen LogP contribution in [0.3, 0.4) is 0 Å². The normalized spacial score (nSPS) is 12.8. The van der Waals surface area contributed by atoms with Gasteiger partial charge in [-0.25, -0.2) is 0 Å². The largest absolute Gasteiger partial charge is 0.496 e. The summed E-state index contributed by atoms with van der Waals surface area (Å²) in [7, 11) is 4.55. The van der Waals surface area contributed by atoms with Crippen LogP contribution in [0, 0.1) is 11.8 Å². The zero-order valence-electron chi connectivity index (χ0n) is 20.8. The maximum Gasteiger partial charge on any atom is 0.307 e. The van der Waals surface area contributed by atoms with Gasteiger partial charge >= 0.3 is 5.97 Å². The molecular weight excluding hydrogens is 422 g/mol. The summed E-state index contributed by atoms with van der Waals surface area (Å²) in [6, 6.07) is 6.98. The molecule has 1 aromatic heterocycles. The second-order valence-electron chi connectivity index (χ2n) is 8.73. The molecule has 1 aromatic carbocycles. The van der Waals surface area contributed by atoms with Crippen molar-refractivity contribution in [1.82, 2.24) is 15.1 Å². The van der Waals surface area contributed by atoms with E-state index in [1.165, 1.54) is 7.11 Å². The van der Waals surface area contributed by atoms with Crippen LogP contribution in [0.5, 0.6) is 11.5 Å². The highest BCUT2D eigenvalue weighted by Crippen LogP contribution is 2.39. The number of rotatable bonds is 12. The minimum Gasteiger partial charge on any atom is -0.496 e.